The van der Waals surface area contributed by atoms with Crippen LogP contribution in [0.5, 0.6) is 11.5 Å². The predicted molar refractivity (Wildman–Crippen MR) is 113 cm³/mol. The van der Waals surface area contributed by atoms with Crippen molar-refractivity contribution in [3.05, 3.63) is 51.9 Å². The van der Waals surface area contributed by atoms with Gasteiger partial charge in [0.15, 0.2) is 11.5 Å². The lowest BCUT2D eigenvalue weighted by atomic mass is 10.1. The molecule has 1 amide bonds. The van der Waals surface area contributed by atoms with Gasteiger partial charge in [-0.25, -0.2) is 4.79 Å². The Balaban J connectivity index is 1.71. The molecule has 0 saturated carbocycles. The molecular weight excluding hydrogens is 372 g/mol. The van der Waals surface area contributed by atoms with Gasteiger partial charge in [0.2, 0.25) is 5.91 Å². The van der Waals surface area contributed by atoms with Gasteiger partial charge < -0.3 is 24.8 Å². The highest BCUT2D eigenvalue weighted by Gasteiger charge is 2.20. The molecule has 8 heteroatoms. The number of rotatable bonds is 7. The van der Waals surface area contributed by atoms with Crippen LogP contribution in [0, 0.1) is 6.92 Å². The molecule has 1 heterocycles. The largest absolute Gasteiger partial charge is 0.493 e. The number of hydrogen-bond donors (Lipinski definition) is 3. The summed E-state index contributed by atoms with van der Waals surface area (Å²) in [5.74, 6) is 1.20. The maximum atomic E-state index is 12.7. The molecule has 3 N–H and O–H groups in total. The van der Waals surface area contributed by atoms with Crippen molar-refractivity contribution in [2.75, 3.05) is 26.6 Å². The standard InChI is InChI=1S/C21H26N4O4/c1-12-8-18(28-4)19(29-5)9-14(12)11-25(3)13(2)20(26)22-15-6-7-16-17(10-15)24-21(27)23-16/h6-10,13H,11H2,1-5H3,(H,22,26)(H2,23,24,27)/t13-/m1/s1. The number of imidazole rings is 1. The van der Waals surface area contributed by atoms with Crippen LogP contribution in [-0.2, 0) is 11.3 Å². The number of aromatic amines is 2. The maximum Gasteiger partial charge on any atom is 0.323 e. The van der Waals surface area contributed by atoms with E-state index >= 15 is 0 Å². The molecule has 2 aromatic carbocycles. The fourth-order valence-electron chi connectivity index (χ4n) is 3.16. The normalized spacial score (nSPS) is 12.2. The van der Waals surface area contributed by atoms with Crippen molar-refractivity contribution in [2.45, 2.75) is 26.4 Å². The number of hydrogen-bond acceptors (Lipinski definition) is 5. The van der Waals surface area contributed by atoms with Crippen molar-refractivity contribution < 1.29 is 14.3 Å². The molecule has 0 spiro atoms. The molecule has 29 heavy (non-hydrogen) atoms. The van der Waals surface area contributed by atoms with Crippen molar-refractivity contribution in [1.82, 2.24) is 14.9 Å². The molecule has 3 rings (SSSR count). The second kappa shape index (κ2) is 8.40. The number of carbonyl (C=O) groups excluding carboxylic acids is 1. The number of nitrogens with zero attached hydrogens (tertiary/aromatic N) is 1. The highest BCUT2D eigenvalue weighted by atomic mass is 16.5. The summed E-state index contributed by atoms with van der Waals surface area (Å²) in [6.45, 7) is 4.43. The number of carbonyl (C=O) groups is 1. The van der Waals surface area contributed by atoms with E-state index in [-0.39, 0.29) is 17.6 Å². The van der Waals surface area contributed by atoms with Gasteiger partial charge in [-0.3, -0.25) is 9.69 Å². The van der Waals surface area contributed by atoms with E-state index in [0.717, 1.165) is 11.1 Å². The summed E-state index contributed by atoms with van der Waals surface area (Å²) in [5, 5.41) is 2.90. The van der Waals surface area contributed by atoms with Crippen LogP contribution in [0.1, 0.15) is 18.1 Å². The number of anilines is 1. The van der Waals surface area contributed by atoms with Crippen LogP contribution in [0.15, 0.2) is 35.1 Å². The lowest BCUT2D eigenvalue weighted by Gasteiger charge is -2.25. The van der Waals surface area contributed by atoms with E-state index in [1.54, 1.807) is 32.4 Å². The van der Waals surface area contributed by atoms with Gasteiger partial charge >= 0.3 is 5.69 Å². The van der Waals surface area contributed by atoms with E-state index in [4.69, 9.17) is 9.47 Å². The Morgan fingerprint density at radius 3 is 2.45 bits per heavy atom. The average Bonchev–Trinajstić information content (AvgIpc) is 3.07. The van der Waals surface area contributed by atoms with Crippen molar-refractivity contribution in [2.24, 2.45) is 0 Å². The number of aromatic nitrogens is 2. The number of nitrogens with one attached hydrogen (secondary N) is 3. The first-order chi connectivity index (χ1) is 13.8. The number of fused-ring (bicyclic) bond motifs is 1. The molecule has 3 aromatic rings. The van der Waals surface area contributed by atoms with Gasteiger partial charge in [0.05, 0.1) is 31.3 Å². The van der Waals surface area contributed by atoms with E-state index in [1.165, 1.54) is 0 Å². The zero-order valence-corrected chi connectivity index (χ0v) is 17.3. The fourth-order valence-corrected chi connectivity index (χ4v) is 3.16. The average molecular weight is 398 g/mol. The van der Waals surface area contributed by atoms with Crippen molar-refractivity contribution in [1.29, 1.82) is 0 Å². The smallest absolute Gasteiger partial charge is 0.323 e. The van der Waals surface area contributed by atoms with Crippen LogP contribution >= 0.6 is 0 Å². The van der Waals surface area contributed by atoms with Crippen LogP contribution in [0.25, 0.3) is 11.0 Å². The van der Waals surface area contributed by atoms with E-state index in [2.05, 4.69) is 15.3 Å². The summed E-state index contributed by atoms with van der Waals surface area (Å²) in [6, 6.07) is 8.74. The van der Waals surface area contributed by atoms with Crippen LogP contribution < -0.4 is 20.5 Å². The first kappa shape index (κ1) is 20.5. The number of benzene rings is 2. The monoisotopic (exact) mass is 398 g/mol. The van der Waals surface area contributed by atoms with E-state index < -0.39 is 0 Å². The van der Waals surface area contributed by atoms with Gasteiger partial charge in [0.1, 0.15) is 0 Å². The Bertz CT molecular complexity index is 1090. The number of methoxy groups -OCH3 is 2. The fraction of sp³-hybridized carbons (Fsp3) is 0.333. The molecule has 8 nitrogen and oxygen atoms in total. The van der Waals surface area contributed by atoms with E-state index in [0.29, 0.717) is 34.8 Å². The maximum absolute atomic E-state index is 12.7. The number of H-pyrrole nitrogens is 2. The molecule has 0 aliphatic rings. The molecule has 0 aliphatic carbocycles. The molecular formula is C21H26N4O4. The van der Waals surface area contributed by atoms with E-state index in [1.807, 2.05) is 37.9 Å². The summed E-state index contributed by atoms with van der Waals surface area (Å²) < 4.78 is 10.7. The molecule has 1 aromatic heterocycles. The highest BCUT2D eigenvalue weighted by Crippen LogP contribution is 2.31. The minimum Gasteiger partial charge on any atom is -0.493 e. The van der Waals surface area contributed by atoms with Gasteiger partial charge in [0, 0.05) is 12.2 Å². The minimum absolute atomic E-state index is 0.136. The minimum atomic E-state index is -0.372. The van der Waals surface area contributed by atoms with Crippen LogP contribution in [-0.4, -0.2) is 48.1 Å². The molecule has 0 bridgehead atoms. The number of amides is 1. The second-order valence-electron chi connectivity index (χ2n) is 7.05. The van der Waals surface area contributed by atoms with Crippen LogP contribution in [0.4, 0.5) is 5.69 Å². The first-order valence-electron chi connectivity index (χ1n) is 9.27. The van der Waals surface area contributed by atoms with Crippen molar-refractivity contribution in [3.63, 3.8) is 0 Å². The summed E-state index contributed by atoms with van der Waals surface area (Å²) >= 11 is 0. The first-order valence-corrected chi connectivity index (χ1v) is 9.27. The van der Waals surface area contributed by atoms with Crippen molar-refractivity contribution >= 4 is 22.6 Å². The lowest BCUT2D eigenvalue weighted by molar-refractivity contribution is -0.120. The zero-order chi connectivity index (χ0) is 21.1. The Labute approximate surface area is 168 Å². The zero-order valence-electron chi connectivity index (χ0n) is 17.3. The van der Waals surface area contributed by atoms with Crippen molar-refractivity contribution in [3.8, 4) is 11.5 Å². The van der Waals surface area contributed by atoms with Gasteiger partial charge in [-0.05, 0) is 62.4 Å². The Morgan fingerprint density at radius 2 is 1.76 bits per heavy atom. The highest BCUT2D eigenvalue weighted by molar-refractivity contribution is 5.96. The lowest BCUT2D eigenvalue weighted by Crippen LogP contribution is -2.39. The molecule has 0 saturated heterocycles. The molecule has 0 radical (unpaired) electrons. The molecule has 0 fully saturated rings. The van der Waals surface area contributed by atoms with E-state index in [9.17, 15) is 9.59 Å². The van der Waals surface area contributed by atoms with Gasteiger partial charge in [-0.1, -0.05) is 0 Å². The topological polar surface area (TPSA) is 99.5 Å². The Hall–Kier alpha value is -3.26. The third-order valence-corrected chi connectivity index (χ3v) is 5.09. The molecule has 1 atom stereocenters. The molecule has 154 valence electrons. The SMILES string of the molecule is COc1cc(C)c(CN(C)[C@H](C)C(=O)Nc2ccc3[nH]c(=O)[nH]c3c2)cc1OC. The third-order valence-electron chi connectivity index (χ3n) is 5.09. The van der Waals surface area contributed by atoms with Gasteiger partial charge in [-0.15, -0.1) is 0 Å². The number of aryl methyl sites for hydroxylation is 1. The quantitative estimate of drug-likeness (QED) is 0.568. The summed E-state index contributed by atoms with van der Waals surface area (Å²) in [4.78, 5) is 31.4. The summed E-state index contributed by atoms with van der Waals surface area (Å²) in [7, 11) is 5.11. The molecule has 0 aliphatic heterocycles. The van der Waals surface area contributed by atoms with Crippen LogP contribution in [0.3, 0.4) is 0 Å². The molecule has 0 unspecified atom stereocenters. The summed E-state index contributed by atoms with van der Waals surface area (Å²) in [5.41, 5.74) is 3.80. The Kier molecular flexibility index (Phi) is 5.93. The number of ether oxygens (including phenoxy) is 2. The van der Waals surface area contributed by atoms with Gasteiger partial charge in [0.25, 0.3) is 0 Å². The number of likely N-dealkylation sites (N-methyl/N-ethyl adjacent to an activating group) is 1. The summed E-state index contributed by atoms with van der Waals surface area (Å²) in [6.07, 6.45) is 0. The second-order valence-corrected chi connectivity index (χ2v) is 7.05. The Morgan fingerprint density at radius 1 is 1.10 bits per heavy atom. The van der Waals surface area contributed by atoms with Gasteiger partial charge in [-0.2, -0.15) is 0 Å². The predicted octanol–water partition coefficient (Wildman–Crippen LogP) is 2.64. The van der Waals surface area contributed by atoms with Crippen LogP contribution in [0.2, 0.25) is 0 Å². The third kappa shape index (κ3) is 4.43.